The van der Waals surface area contributed by atoms with E-state index >= 15 is 0 Å². The number of alkyl halides is 1. The van der Waals surface area contributed by atoms with Crippen LogP contribution in [-0.2, 0) is 6.42 Å². The number of halogens is 1. The summed E-state index contributed by atoms with van der Waals surface area (Å²) in [5.41, 5.74) is 2.33. The molecule has 0 fully saturated rings. The number of fused-ring (bicyclic) bond motifs is 1. The Balaban J connectivity index is 2.39. The summed E-state index contributed by atoms with van der Waals surface area (Å²) in [7, 11) is 0. The number of benzene rings is 1. The maximum absolute atomic E-state index is 12.3. The van der Waals surface area contributed by atoms with E-state index in [9.17, 15) is 4.39 Å². The molecule has 1 aliphatic heterocycles. The summed E-state index contributed by atoms with van der Waals surface area (Å²) in [5.74, 6) is 0. The summed E-state index contributed by atoms with van der Waals surface area (Å²) in [4.78, 5) is 1.76. The van der Waals surface area contributed by atoms with E-state index in [0.717, 1.165) is 18.7 Å². The Morgan fingerprint density at radius 2 is 2.18 bits per heavy atom. The summed E-state index contributed by atoms with van der Waals surface area (Å²) in [5, 5.41) is 0. The Hall–Kier alpha value is -1.05. The molecule has 0 bridgehead atoms. The molecule has 2 heteroatoms. The molecule has 0 spiro atoms. The van der Waals surface area contributed by atoms with Gasteiger partial charge in [0.2, 0.25) is 0 Å². The van der Waals surface area contributed by atoms with E-state index in [4.69, 9.17) is 0 Å². The average molecular weight is 151 g/mol. The molecule has 11 heavy (non-hydrogen) atoms. The summed E-state index contributed by atoms with van der Waals surface area (Å²) in [6, 6.07) is 7.99. The number of anilines is 1. The van der Waals surface area contributed by atoms with Gasteiger partial charge in [-0.1, -0.05) is 18.2 Å². The second kappa shape index (κ2) is 2.53. The molecule has 0 radical (unpaired) electrons. The molecule has 0 aliphatic carbocycles. The van der Waals surface area contributed by atoms with Crippen LogP contribution in [0.3, 0.4) is 0 Å². The summed E-state index contributed by atoms with van der Waals surface area (Å²) in [6.45, 7) is 0.465. The van der Waals surface area contributed by atoms with Crippen molar-refractivity contribution in [2.45, 2.75) is 6.42 Å². The van der Waals surface area contributed by atoms with Crippen LogP contribution in [-0.4, -0.2) is 13.3 Å². The van der Waals surface area contributed by atoms with Gasteiger partial charge in [0.05, 0.1) is 0 Å². The van der Waals surface area contributed by atoms with Gasteiger partial charge in [0.15, 0.2) is 6.80 Å². The molecule has 2 rings (SSSR count). The van der Waals surface area contributed by atoms with E-state index < -0.39 is 0 Å². The quantitative estimate of drug-likeness (QED) is 0.555. The lowest BCUT2D eigenvalue weighted by Gasteiger charge is -2.13. The topological polar surface area (TPSA) is 3.24 Å². The van der Waals surface area contributed by atoms with Crippen molar-refractivity contribution < 1.29 is 4.39 Å². The fraction of sp³-hybridized carbons (Fsp3) is 0.333. The highest BCUT2D eigenvalue weighted by Crippen LogP contribution is 2.26. The van der Waals surface area contributed by atoms with Gasteiger partial charge in [-0.2, -0.15) is 0 Å². The number of hydrogen-bond acceptors (Lipinski definition) is 1. The molecule has 1 nitrogen and oxygen atoms in total. The minimum absolute atomic E-state index is 0.364. The van der Waals surface area contributed by atoms with Crippen LogP contribution >= 0.6 is 0 Å². The van der Waals surface area contributed by atoms with Crippen LogP contribution < -0.4 is 4.90 Å². The van der Waals surface area contributed by atoms with Crippen molar-refractivity contribution >= 4 is 5.69 Å². The summed E-state index contributed by atoms with van der Waals surface area (Å²) < 4.78 is 12.3. The molecule has 1 heterocycles. The molecule has 1 aromatic rings. The van der Waals surface area contributed by atoms with E-state index in [1.54, 1.807) is 4.90 Å². The van der Waals surface area contributed by atoms with Gasteiger partial charge in [0, 0.05) is 12.2 Å². The van der Waals surface area contributed by atoms with Crippen molar-refractivity contribution in [3.8, 4) is 0 Å². The van der Waals surface area contributed by atoms with E-state index in [0.29, 0.717) is 0 Å². The number of hydrogen-bond donors (Lipinski definition) is 0. The number of para-hydroxylation sites is 1. The number of nitrogens with zero attached hydrogens (tertiary/aromatic N) is 1. The normalized spacial score (nSPS) is 15.2. The largest absolute Gasteiger partial charge is 0.344 e. The third-order valence-electron chi connectivity index (χ3n) is 2.13. The third-order valence-corrected chi connectivity index (χ3v) is 2.13. The number of rotatable bonds is 1. The van der Waals surface area contributed by atoms with Gasteiger partial charge < -0.3 is 4.90 Å². The van der Waals surface area contributed by atoms with Gasteiger partial charge in [0.25, 0.3) is 0 Å². The van der Waals surface area contributed by atoms with Crippen molar-refractivity contribution in [1.29, 1.82) is 0 Å². The Morgan fingerprint density at radius 3 is 3.00 bits per heavy atom. The van der Waals surface area contributed by atoms with Gasteiger partial charge in [-0.15, -0.1) is 0 Å². The lowest BCUT2D eigenvalue weighted by molar-refractivity contribution is 0.481. The molecule has 0 amide bonds. The molecular weight excluding hydrogens is 141 g/mol. The first-order chi connectivity index (χ1) is 5.42. The Morgan fingerprint density at radius 1 is 1.36 bits per heavy atom. The first kappa shape index (κ1) is 6.65. The molecule has 0 aromatic heterocycles. The second-order valence-corrected chi connectivity index (χ2v) is 2.76. The van der Waals surface area contributed by atoms with E-state index in [1.165, 1.54) is 5.56 Å². The zero-order valence-corrected chi connectivity index (χ0v) is 6.26. The summed E-state index contributed by atoms with van der Waals surface area (Å²) in [6.07, 6.45) is 0.986. The van der Waals surface area contributed by atoms with Crippen LogP contribution in [0.25, 0.3) is 0 Å². The zero-order valence-electron chi connectivity index (χ0n) is 6.26. The highest BCUT2D eigenvalue weighted by atomic mass is 19.1. The highest BCUT2D eigenvalue weighted by Gasteiger charge is 2.16. The molecule has 0 saturated heterocycles. The van der Waals surface area contributed by atoms with Crippen molar-refractivity contribution in [3.05, 3.63) is 29.8 Å². The van der Waals surface area contributed by atoms with Crippen molar-refractivity contribution in [2.75, 3.05) is 18.2 Å². The monoisotopic (exact) mass is 151 g/mol. The van der Waals surface area contributed by atoms with Gasteiger partial charge in [-0.05, 0) is 18.1 Å². The lowest BCUT2D eigenvalue weighted by Crippen LogP contribution is -2.18. The maximum Gasteiger partial charge on any atom is 0.161 e. The first-order valence-corrected chi connectivity index (χ1v) is 3.80. The third kappa shape index (κ3) is 0.985. The smallest absolute Gasteiger partial charge is 0.161 e. The minimum atomic E-state index is -0.364. The molecule has 58 valence electrons. The second-order valence-electron chi connectivity index (χ2n) is 2.76. The fourth-order valence-electron chi connectivity index (χ4n) is 1.53. The molecule has 1 aliphatic rings. The lowest BCUT2D eigenvalue weighted by atomic mass is 10.2. The molecular formula is C9H10FN. The fourth-order valence-corrected chi connectivity index (χ4v) is 1.53. The average Bonchev–Trinajstić information content (AvgIpc) is 2.47. The van der Waals surface area contributed by atoms with Gasteiger partial charge >= 0.3 is 0 Å². The molecule has 0 N–H and O–H groups in total. The van der Waals surface area contributed by atoms with Crippen molar-refractivity contribution in [2.24, 2.45) is 0 Å². The molecule has 0 unspecified atom stereocenters. The van der Waals surface area contributed by atoms with Crippen LogP contribution in [0.5, 0.6) is 0 Å². The predicted molar refractivity (Wildman–Crippen MR) is 43.5 cm³/mol. The van der Waals surface area contributed by atoms with Crippen LogP contribution in [0.2, 0.25) is 0 Å². The first-order valence-electron chi connectivity index (χ1n) is 3.80. The van der Waals surface area contributed by atoms with Gasteiger partial charge in [0.1, 0.15) is 0 Å². The van der Waals surface area contributed by atoms with Gasteiger partial charge in [-0.25, -0.2) is 4.39 Å². The molecule has 1 aromatic carbocycles. The zero-order chi connectivity index (χ0) is 7.68. The maximum atomic E-state index is 12.3. The van der Waals surface area contributed by atoms with E-state index in [2.05, 4.69) is 6.07 Å². The van der Waals surface area contributed by atoms with Crippen LogP contribution in [0.4, 0.5) is 10.1 Å². The van der Waals surface area contributed by atoms with Crippen LogP contribution in [0, 0.1) is 0 Å². The Labute approximate surface area is 65.4 Å². The van der Waals surface area contributed by atoms with Gasteiger partial charge in [-0.3, -0.25) is 0 Å². The minimum Gasteiger partial charge on any atom is -0.344 e. The highest BCUT2D eigenvalue weighted by molar-refractivity contribution is 5.57. The predicted octanol–water partition coefficient (Wildman–Crippen LogP) is 1.98. The molecule has 0 saturated carbocycles. The van der Waals surface area contributed by atoms with Crippen LogP contribution in [0.1, 0.15) is 5.56 Å². The van der Waals surface area contributed by atoms with E-state index in [1.807, 2.05) is 18.2 Å². The van der Waals surface area contributed by atoms with E-state index in [-0.39, 0.29) is 6.80 Å². The SMILES string of the molecule is FCN1CCc2ccccc21. The van der Waals surface area contributed by atoms with Crippen LogP contribution in [0.15, 0.2) is 24.3 Å². The molecule has 0 atom stereocenters. The Kier molecular flexibility index (Phi) is 1.53. The van der Waals surface area contributed by atoms with Crippen molar-refractivity contribution in [1.82, 2.24) is 0 Å². The summed E-state index contributed by atoms with van der Waals surface area (Å²) >= 11 is 0. The van der Waals surface area contributed by atoms with Crippen molar-refractivity contribution in [3.63, 3.8) is 0 Å². The Bertz CT molecular complexity index is 259. The standard InChI is InChI=1S/C9H10FN/c10-7-11-6-5-8-3-1-2-4-9(8)11/h1-4H,5-7H2.